The molecule has 0 heterocycles. The first-order chi connectivity index (χ1) is 33.4. The number of unbranched alkanes of at least 4 members (excludes halogenated alkanes) is 1. The molecule has 0 aliphatic heterocycles. The summed E-state index contributed by atoms with van der Waals surface area (Å²) in [7, 11) is -2.64. The quantitative estimate of drug-likeness (QED) is 0.0417. The van der Waals surface area contributed by atoms with Gasteiger partial charge in [-0.15, -0.1) is 0 Å². The fourth-order valence-corrected chi connectivity index (χ4v) is 14.1. The lowest BCUT2D eigenvalue weighted by Gasteiger charge is -2.43. The van der Waals surface area contributed by atoms with Crippen LogP contribution in [0.3, 0.4) is 0 Å². The van der Waals surface area contributed by atoms with Crippen LogP contribution >= 0.6 is 0 Å². The summed E-state index contributed by atoms with van der Waals surface area (Å²) in [5.41, 5.74) is 8.88. The number of Topliss-reactive ketones (excluding diaryl/α,β-unsaturated/α-hetero) is 1. The zero-order chi connectivity index (χ0) is 49.0. The van der Waals surface area contributed by atoms with Gasteiger partial charge in [0.05, 0.1) is 13.2 Å². The summed E-state index contributed by atoms with van der Waals surface area (Å²) in [6.45, 7) is 6.28. The SMILES string of the molecule is CC(C)(C)[Si](OCCCCC(=O)C(CO)NC(=O)OCC1c2ccccc2-c2ccccc21)(c1ccccc1)c1ccccc1.O=C(NC(CO)C(=O)O)OCC1c2ccccc2-c2ccccc21. The minimum Gasteiger partial charge on any atom is -0.480 e. The Morgan fingerprint density at radius 3 is 1.26 bits per heavy atom. The molecular formula is C56H60N2O10Si. The predicted molar refractivity (Wildman–Crippen MR) is 268 cm³/mol. The standard InChI is InChI=1S/C38H43NO5Si.C18H17NO5/c1-38(2,3)45(28-16-6-4-7-17-28,29-18-8-5-9-19-29)44-25-15-14-24-36(41)35(26-40)39-37(42)43-27-34-32-22-12-10-20-30(32)31-21-11-13-23-33(31)34;20-9-16(17(21)22)19-18(23)24-10-15-13-7-3-1-5-11(13)12-6-2-4-8-14(12)15/h4-13,16-23,34-35,40H,14-15,24-27H2,1-3H3,(H,39,42);1-8,15-16,20H,9-10H2,(H,19,23)(H,21,22). The Labute approximate surface area is 404 Å². The van der Waals surface area contributed by atoms with Crippen molar-refractivity contribution >= 4 is 42.6 Å². The van der Waals surface area contributed by atoms with Crippen LogP contribution in [0.2, 0.25) is 5.04 Å². The number of carboxylic acid groups (broad SMARTS) is 1. The number of hydrogen-bond acceptors (Lipinski definition) is 9. The highest BCUT2D eigenvalue weighted by atomic mass is 28.4. The summed E-state index contributed by atoms with van der Waals surface area (Å²) in [5, 5.41) is 34.7. The van der Waals surface area contributed by atoms with Crippen LogP contribution in [0.4, 0.5) is 9.59 Å². The molecule has 2 unspecified atom stereocenters. The van der Waals surface area contributed by atoms with Crippen molar-refractivity contribution in [3.63, 3.8) is 0 Å². The maximum Gasteiger partial charge on any atom is 0.407 e. The van der Waals surface area contributed by atoms with E-state index in [1.165, 1.54) is 10.4 Å². The molecule has 6 aromatic carbocycles. The molecule has 0 radical (unpaired) electrons. The van der Waals surface area contributed by atoms with E-state index >= 15 is 0 Å². The number of ketones is 1. The monoisotopic (exact) mass is 948 g/mol. The molecule has 0 aromatic heterocycles. The molecule has 69 heavy (non-hydrogen) atoms. The Morgan fingerprint density at radius 2 is 0.899 bits per heavy atom. The van der Waals surface area contributed by atoms with E-state index in [-0.39, 0.29) is 42.3 Å². The first-order valence-corrected chi connectivity index (χ1v) is 25.2. The summed E-state index contributed by atoms with van der Waals surface area (Å²) in [5.74, 6) is -1.72. The van der Waals surface area contributed by atoms with E-state index in [1.807, 2.05) is 84.9 Å². The van der Waals surface area contributed by atoms with Crippen LogP contribution in [0.25, 0.3) is 22.3 Å². The highest BCUT2D eigenvalue weighted by molar-refractivity contribution is 6.99. The number of aliphatic hydroxyl groups is 2. The van der Waals surface area contributed by atoms with Crippen molar-refractivity contribution in [3.8, 4) is 22.3 Å². The molecule has 8 rings (SSSR count). The van der Waals surface area contributed by atoms with Gasteiger partial charge in [0.2, 0.25) is 0 Å². The van der Waals surface area contributed by atoms with Gasteiger partial charge in [-0.25, -0.2) is 14.4 Å². The van der Waals surface area contributed by atoms with E-state index in [9.17, 15) is 24.3 Å². The van der Waals surface area contributed by atoms with Gasteiger partial charge in [0.1, 0.15) is 19.3 Å². The van der Waals surface area contributed by atoms with Crippen molar-refractivity contribution in [1.29, 1.82) is 0 Å². The number of aliphatic carboxylic acids is 1. The van der Waals surface area contributed by atoms with Crippen molar-refractivity contribution in [2.24, 2.45) is 0 Å². The molecule has 2 amide bonds. The molecule has 2 aliphatic rings. The number of fused-ring (bicyclic) bond motifs is 6. The highest BCUT2D eigenvalue weighted by Crippen LogP contribution is 2.46. The van der Waals surface area contributed by atoms with Gasteiger partial charge >= 0.3 is 18.2 Å². The number of carbonyl (C=O) groups is 4. The molecule has 2 atom stereocenters. The normalized spacial score (nSPS) is 13.6. The number of rotatable bonds is 18. The van der Waals surface area contributed by atoms with Crippen LogP contribution in [0, 0.1) is 0 Å². The molecule has 0 saturated carbocycles. The number of hydrogen-bond donors (Lipinski definition) is 5. The fraction of sp³-hybridized carbons (Fsp3) is 0.286. The Morgan fingerprint density at radius 1 is 0.536 bits per heavy atom. The van der Waals surface area contributed by atoms with Crippen LogP contribution in [0.1, 0.15) is 74.1 Å². The second-order valence-electron chi connectivity index (χ2n) is 18.2. The molecular weight excluding hydrogens is 889 g/mol. The van der Waals surface area contributed by atoms with Gasteiger partial charge in [-0.05, 0) is 72.8 Å². The summed E-state index contributed by atoms with van der Waals surface area (Å²) in [6.07, 6.45) is -0.0873. The predicted octanol–water partition coefficient (Wildman–Crippen LogP) is 8.17. The summed E-state index contributed by atoms with van der Waals surface area (Å²) >= 11 is 0. The second kappa shape index (κ2) is 22.9. The summed E-state index contributed by atoms with van der Waals surface area (Å²) in [6, 6.07) is 50.6. The van der Waals surface area contributed by atoms with Crippen LogP contribution in [0.15, 0.2) is 158 Å². The average molecular weight is 949 g/mol. The number of carboxylic acids is 1. The van der Waals surface area contributed by atoms with E-state index in [4.69, 9.17) is 24.1 Å². The molecule has 0 spiro atoms. The van der Waals surface area contributed by atoms with E-state index in [0.717, 1.165) is 44.5 Å². The molecule has 2 aliphatic carbocycles. The van der Waals surface area contributed by atoms with Gasteiger partial charge in [-0.2, -0.15) is 0 Å². The molecule has 358 valence electrons. The number of amides is 2. The third kappa shape index (κ3) is 11.4. The largest absolute Gasteiger partial charge is 0.480 e. The van der Waals surface area contributed by atoms with E-state index in [2.05, 4.69) is 104 Å². The third-order valence-electron chi connectivity index (χ3n) is 12.9. The number of ether oxygens (including phenoxy) is 2. The first-order valence-electron chi connectivity index (χ1n) is 23.3. The van der Waals surface area contributed by atoms with Gasteiger partial charge < -0.3 is 39.9 Å². The first kappa shape index (κ1) is 50.0. The van der Waals surface area contributed by atoms with Crippen molar-refractivity contribution < 1.29 is 48.4 Å². The number of nitrogens with one attached hydrogen (secondary N) is 2. The number of alkyl carbamates (subject to hydrolysis) is 2. The maximum atomic E-state index is 13.0. The summed E-state index contributed by atoms with van der Waals surface area (Å²) < 4.78 is 17.7. The van der Waals surface area contributed by atoms with Crippen molar-refractivity contribution in [3.05, 3.63) is 180 Å². The molecule has 13 heteroatoms. The van der Waals surface area contributed by atoms with Gasteiger partial charge in [0.15, 0.2) is 11.8 Å². The highest BCUT2D eigenvalue weighted by Gasteiger charge is 2.50. The minimum absolute atomic E-state index is 0.0815. The smallest absolute Gasteiger partial charge is 0.407 e. The molecule has 5 N–H and O–H groups in total. The number of carbonyl (C=O) groups excluding carboxylic acids is 3. The molecule has 0 saturated heterocycles. The average Bonchev–Trinajstić information content (AvgIpc) is 3.86. The van der Waals surface area contributed by atoms with Crippen molar-refractivity contribution in [2.45, 2.75) is 69.0 Å². The minimum atomic E-state index is -2.64. The Hall–Kier alpha value is -6.90. The van der Waals surface area contributed by atoms with Crippen LogP contribution in [-0.4, -0.2) is 92.7 Å². The number of aliphatic hydroxyl groups excluding tert-OH is 2. The second-order valence-corrected chi connectivity index (χ2v) is 22.5. The lowest BCUT2D eigenvalue weighted by atomic mass is 9.98. The van der Waals surface area contributed by atoms with Crippen LogP contribution < -0.4 is 21.0 Å². The lowest BCUT2D eigenvalue weighted by Crippen LogP contribution is -2.66. The van der Waals surface area contributed by atoms with Gasteiger partial charge in [0, 0.05) is 24.9 Å². The lowest BCUT2D eigenvalue weighted by molar-refractivity contribution is -0.140. The Bertz CT molecular complexity index is 2580. The summed E-state index contributed by atoms with van der Waals surface area (Å²) in [4.78, 5) is 48.3. The van der Waals surface area contributed by atoms with Crippen molar-refractivity contribution in [1.82, 2.24) is 10.6 Å². The molecule has 6 aromatic rings. The zero-order valence-corrected chi connectivity index (χ0v) is 40.2. The third-order valence-corrected chi connectivity index (χ3v) is 17.9. The Kier molecular flexibility index (Phi) is 16.6. The molecule has 12 nitrogen and oxygen atoms in total. The van der Waals surface area contributed by atoms with Gasteiger partial charge in [-0.1, -0.05) is 178 Å². The number of benzene rings is 6. The Balaban J connectivity index is 0.000000246. The van der Waals surface area contributed by atoms with Crippen LogP contribution in [-0.2, 0) is 23.5 Å². The van der Waals surface area contributed by atoms with E-state index in [1.54, 1.807) is 0 Å². The maximum absolute atomic E-state index is 13.0. The van der Waals surface area contributed by atoms with Gasteiger partial charge in [-0.3, -0.25) is 4.79 Å². The van der Waals surface area contributed by atoms with E-state index in [0.29, 0.717) is 19.4 Å². The van der Waals surface area contributed by atoms with Gasteiger partial charge in [0.25, 0.3) is 8.32 Å². The zero-order valence-electron chi connectivity index (χ0n) is 39.2. The molecule has 0 fully saturated rings. The molecule has 0 bridgehead atoms. The van der Waals surface area contributed by atoms with Crippen molar-refractivity contribution in [2.75, 3.05) is 33.0 Å². The fourth-order valence-electron chi connectivity index (χ4n) is 9.54. The topological polar surface area (TPSA) is 181 Å². The van der Waals surface area contributed by atoms with E-state index < -0.39 is 51.8 Å². The van der Waals surface area contributed by atoms with Crippen LogP contribution in [0.5, 0.6) is 0 Å².